The minimum absolute atomic E-state index is 0.0651. The molecule has 7 heteroatoms. The first-order valence-corrected chi connectivity index (χ1v) is 8.61. The molecule has 126 valence electrons. The van der Waals surface area contributed by atoms with Gasteiger partial charge < -0.3 is 18.9 Å². The first-order valence-electron chi connectivity index (χ1n) is 7.73. The fourth-order valence-corrected chi connectivity index (χ4v) is 3.31. The van der Waals surface area contributed by atoms with Crippen molar-refractivity contribution in [2.24, 2.45) is 5.41 Å². The molecule has 3 heterocycles. The number of hydrogen-bond acceptors (Lipinski definition) is 7. The van der Waals surface area contributed by atoms with E-state index in [2.05, 4.69) is 4.98 Å². The molecule has 1 aromatic carbocycles. The van der Waals surface area contributed by atoms with E-state index < -0.39 is 5.97 Å². The Morgan fingerprint density at radius 3 is 2.83 bits per heavy atom. The Hall–Kier alpha value is -2.12. The average molecular weight is 347 g/mol. The Balaban J connectivity index is 1.47. The van der Waals surface area contributed by atoms with Gasteiger partial charge in [-0.25, -0.2) is 9.78 Å². The predicted molar refractivity (Wildman–Crippen MR) is 87.7 cm³/mol. The van der Waals surface area contributed by atoms with E-state index >= 15 is 0 Å². The Kier molecular flexibility index (Phi) is 3.90. The Morgan fingerprint density at radius 2 is 2.08 bits per heavy atom. The predicted octanol–water partition coefficient (Wildman–Crippen LogP) is 2.77. The minimum Gasteiger partial charge on any atom is -0.486 e. The molecule has 0 spiro atoms. The molecule has 2 aliphatic rings. The van der Waals surface area contributed by atoms with Gasteiger partial charge in [0.25, 0.3) is 0 Å². The summed E-state index contributed by atoms with van der Waals surface area (Å²) in [6.07, 6.45) is 0. The molecule has 1 fully saturated rings. The molecular weight excluding hydrogens is 330 g/mol. The lowest BCUT2D eigenvalue weighted by atomic mass is 9.90. The first-order chi connectivity index (χ1) is 11.6. The second-order valence-electron chi connectivity index (χ2n) is 6.28. The molecule has 2 aromatic rings. The molecule has 0 bridgehead atoms. The Morgan fingerprint density at radius 1 is 1.29 bits per heavy atom. The van der Waals surface area contributed by atoms with Crippen molar-refractivity contribution in [2.45, 2.75) is 6.92 Å². The molecule has 24 heavy (non-hydrogen) atoms. The number of nitrogens with zero attached hydrogens (tertiary/aromatic N) is 1. The quantitative estimate of drug-likeness (QED) is 0.793. The number of ether oxygens (including phenoxy) is 4. The van der Waals surface area contributed by atoms with Crippen molar-refractivity contribution in [3.05, 3.63) is 29.3 Å². The maximum Gasteiger partial charge on any atom is 0.357 e. The van der Waals surface area contributed by atoms with Gasteiger partial charge in [0, 0.05) is 16.4 Å². The lowest BCUT2D eigenvalue weighted by molar-refractivity contribution is -0.127. The molecule has 0 N–H and O–H groups in total. The standard InChI is InChI=1S/C17H17NO5S/c1-17(8-20-9-17)10-23-16(19)12-7-24-15(18-12)11-2-3-13-14(6-11)22-5-4-21-13/h2-3,6-7H,4-5,8-10H2,1H3. The highest BCUT2D eigenvalue weighted by Gasteiger charge is 2.35. The maximum atomic E-state index is 12.1. The number of aromatic nitrogens is 1. The molecule has 4 rings (SSSR count). The summed E-state index contributed by atoms with van der Waals surface area (Å²) >= 11 is 1.40. The van der Waals surface area contributed by atoms with E-state index in [1.165, 1.54) is 11.3 Å². The van der Waals surface area contributed by atoms with Gasteiger partial charge in [-0.1, -0.05) is 6.92 Å². The van der Waals surface area contributed by atoms with Gasteiger partial charge >= 0.3 is 5.97 Å². The van der Waals surface area contributed by atoms with Crippen LogP contribution in [0.4, 0.5) is 0 Å². The fraction of sp³-hybridized carbons (Fsp3) is 0.412. The van der Waals surface area contributed by atoms with Crippen LogP contribution in [0.5, 0.6) is 11.5 Å². The van der Waals surface area contributed by atoms with Gasteiger partial charge in [0.05, 0.1) is 13.2 Å². The third-order valence-electron chi connectivity index (χ3n) is 3.96. The highest BCUT2D eigenvalue weighted by atomic mass is 32.1. The molecule has 0 amide bonds. The number of hydrogen-bond donors (Lipinski definition) is 0. The Labute approximate surface area is 143 Å². The summed E-state index contributed by atoms with van der Waals surface area (Å²) in [5, 5.41) is 2.46. The van der Waals surface area contributed by atoms with E-state index in [-0.39, 0.29) is 5.41 Å². The van der Waals surface area contributed by atoms with E-state index in [0.717, 1.165) is 16.3 Å². The number of benzene rings is 1. The second-order valence-corrected chi connectivity index (χ2v) is 7.13. The number of thiazole rings is 1. The molecule has 1 saturated heterocycles. The van der Waals surface area contributed by atoms with E-state index in [0.29, 0.717) is 44.5 Å². The SMILES string of the molecule is CC1(COC(=O)c2csc(-c3ccc4c(c3)OCCO4)n2)COC1. The summed E-state index contributed by atoms with van der Waals surface area (Å²) in [6.45, 7) is 4.73. The minimum atomic E-state index is -0.400. The van der Waals surface area contributed by atoms with Gasteiger partial charge in [0.1, 0.15) is 24.8 Å². The van der Waals surface area contributed by atoms with E-state index in [1.54, 1.807) is 5.38 Å². The van der Waals surface area contributed by atoms with Crippen LogP contribution in [0.15, 0.2) is 23.6 Å². The van der Waals surface area contributed by atoms with Crippen molar-refractivity contribution < 1.29 is 23.7 Å². The molecule has 0 radical (unpaired) electrons. The van der Waals surface area contributed by atoms with Crippen LogP contribution in [0.2, 0.25) is 0 Å². The second kappa shape index (κ2) is 6.07. The number of esters is 1. The van der Waals surface area contributed by atoms with Crippen LogP contribution in [-0.2, 0) is 9.47 Å². The summed E-state index contributed by atoms with van der Waals surface area (Å²) in [5.74, 6) is 1.04. The van der Waals surface area contributed by atoms with Crippen molar-refractivity contribution >= 4 is 17.3 Å². The van der Waals surface area contributed by atoms with E-state index in [9.17, 15) is 4.79 Å². The number of carbonyl (C=O) groups is 1. The van der Waals surface area contributed by atoms with Gasteiger partial charge in [-0.15, -0.1) is 11.3 Å². The van der Waals surface area contributed by atoms with E-state index in [4.69, 9.17) is 18.9 Å². The van der Waals surface area contributed by atoms with Crippen molar-refractivity contribution in [3.8, 4) is 22.1 Å². The smallest absolute Gasteiger partial charge is 0.357 e. The van der Waals surface area contributed by atoms with Gasteiger partial charge in [0.15, 0.2) is 17.2 Å². The van der Waals surface area contributed by atoms with E-state index in [1.807, 2.05) is 25.1 Å². The number of carbonyl (C=O) groups excluding carboxylic acids is 1. The lowest BCUT2D eigenvalue weighted by Crippen LogP contribution is -2.44. The highest BCUT2D eigenvalue weighted by Crippen LogP contribution is 2.35. The normalized spacial score (nSPS) is 17.9. The van der Waals surface area contributed by atoms with Crippen molar-refractivity contribution in [2.75, 3.05) is 33.0 Å². The number of fused-ring (bicyclic) bond motifs is 1. The van der Waals surface area contributed by atoms with Crippen LogP contribution in [0, 0.1) is 5.41 Å². The molecule has 0 atom stereocenters. The zero-order valence-corrected chi connectivity index (χ0v) is 14.1. The van der Waals surface area contributed by atoms with Gasteiger partial charge in [0.2, 0.25) is 0 Å². The third-order valence-corrected chi connectivity index (χ3v) is 4.85. The zero-order chi connectivity index (χ0) is 16.6. The molecule has 2 aliphatic heterocycles. The number of rotatable bonds is 4. The van der Waals surface area contributed by atoms with Crippen LogP contribution in [-0.4, -0.2) is 44.0 Å². The van der Waals surface area contributed by atoms with Crippen LogP contribution in [0.1, 0.15) is 17.4 Å². The zero-order valence-electron chi connectivity index (χ0n) is 13.2. The molecular formula is C17H17NO5S. The van der Waals surface area contributed by atoms with Crippen molar-refractivity contribution in [1.82, 2.24) is 4.98 Å². The molecule has 0 unspecified atom stereocenters. The van der Waals surface area contributed by atoms with Gasteiger partial charge in [-0.3, -0.25) is 0 Å². The van der Waals surface area contributed by atoms with Crippen LogP contribution < -0.4 is 9.47 Å². The summed E-state index contributed by atoms with van der Waals surface area (Å²) in [5.41, 5.74) is 1.15. The molecule has 0 aliphatic carbocycles. The Bertz CT molecular complexity index is 768. The highest BCUT2D eigenvalue weighted by molar-refractivity contribution is 7.13. The van der Waals surface area contributed by atoms with Gasteiger partial charge in [-0.2, -0.15) is 0 Å². The van der Waals surface area contributed by atoms with Crippen LogP contribution in [0.3, 0.4) is 0 Å². The third kappa shape index (κ3) is 2.97. The summed E-state index contributed by atoms with van der Waals surface area (Å²) in [4.78, 5) is 16.5. The summed E-state index contributed by atoms with van der Waals surface area (Å²) in [7, 11) is 0. The molecule has 6 nitrogen and oxygen atoms in total. The molecule has 1 aromatic heterocycles. The fourth-order valence-electron chi connectivity index (χ4n) is 2.52. The monoisotopic (exact) mass is 347 g/mol. The summed E-state index contributed by atoms with van der Waals surface area (Å²) < 4.78 is 21.6. The van der Waals surface area contributed by atoms with Crippen LogP contribution in [0.25, 0.3) is 10.6 Å². The average Bonchev–Trinajstić information content (AvgIpc) is 3.07. The maximum absolute atomic E-state index is 12.1. The first kappa shape index (κ1) is 15.4. The van der Waals surface area contributed by atoms with Crippen LogP contribution >= 0.6 is 11.3 Å². The van der Waals surface area contributed by atoms with Gasteiger partial charge in [-0.05, 0) is 18.2 Å². The largest absolute Gasteiger partial charge is 0.486 e. The van der Waals surface area contributed by atoms with Crippen molar-refractivity contribution in [3.63, 3.8) is 0 Å². The lowest BCUT2D eigenvalue weighted by Gasteiger charge is -2.36. The van der Waals surface area contributed by atoms with Crippen molar-refractivity contribution in [1.29, 1.82) is 0 Å². The molecule has 0 saturated carbocycles. The topological polar surface area (TPSA) is 66.9 Å². The summed E-state index contributed by atoms with van der Waals surface area (Å²) in [6, 6.07) is 5.66.